The molecule has 1 atom stereocenters. The number of nitrogens with two attached hydrogens (primary N) is 2. The third-order valence-electron chi connectivity index (χ3n) is 2.08. The van der Waals surface area contributed by atoms with Crippen molar-refractivity contribution in [3.8, 4) is 0 Å². The third-order valence-corrected chi connectivity index (χ3v) is 2.08. The SMILES string of the molecule is CN(CC(N)CN)c1ccc(F)cc1. The van der Waals surface area contributed by atoms with Gasteiger partial charge in [-0.05, 0) is 24.3 Å². The number of rotatable bonds is 4. The van der Waals surface area contributed by atoms with E-state index in [1.807, 2.05) is 11.9 Å². The summed E-state index contributed by atoms with van der Waals surface area (Å²) in [5.74, 6) is -0.231. The van der Waals surface area contributed by atoms with Crippen LogP contribution < -0.4 is 16.4 Å². The first-order valence-corrected chi connectivity index (χ1v) is 4.56. The summed E-state index contributed by atoms with van der Waals surface area (Å²) < 4.78 is 12.6. The first-order valence-electron chi connectivity index (χ1n) is 4.56. The fourth-order valence-corrected chi connectivity index (χ4v) is 1.23. The summed E-state index contributed by atoms with van der Waals surface area (Å²) in [4.78, 5) is 1.96. The van der Waals surface area contributed by atoms with Crippen LogP contribution in [0.4, 0.5) is 10.1 Å². The van der Waals surface area contributed by atoms with Gasteiger partial charge in [-0.2, -0.15) is 0 Å². The van der Waals surface area contributed by atoms with Crippen LogP contribution in [0.15, 0.2) is 24.3 Å². The second-order valence-corrected chi connectivity index (χ2v) is 3.35. The van der Waals surface area contributed by atoms with E-state index in [9.17, 15) is 4.39 Å². The van der Waals surface area contributed by atoms with Crippen LogP contribution in [-0.4, -0.2) is 26.2 Å². The Kier molecular flexibility index (Phi) is 3.85. The van der Waals surface area contributed by atoms with Crippen molar-refractivity contribution < 1.29 is 4.39 Å². The van der Waals surface area contributed by atoms with Crippen molar-refractivity contribution in [1.82, 2.24) is 0 Å². The van der Waals surface area contributed by atoms with Gasteiger partial charge >= 0.3 is 0 Å². The number of halogens is 1. The van der Waals surface area contributed by atoms with Gasteiger partial charge in [0.1, 0.15) is 5.82 Å². The molecule has 1 rings (SSSR count). The Bertz CT molecular complexity index is 273. The maximum atomic E-state index is 12.6. The monoisotopic (exact) mass is 197 g/mol. The normalized spacial score (nSPS) is 12.6. The fourth-order valence-electron chi connectivity index (χ4n) is 1.23. The van der Waals surface area contributed by atoms with E-state index < -0.39 is 0 Å². The van der Waals surface area contributed by atoms with Crippen LogP contribution in [0.3, 0.4) is 0 Å². The second-order valence-electron chi connectivity index (χ2n) is 3.35. The Balaban J connectivity index is 2.60. The second kappa shape index (κ2) is 4.93. The summed E-state index contributed by atoms with van der Waals surface area (Å²) >= 11 is 0. The molecule has 1 unspecified atom stereocenters. The summed E-state index contributed by atoms with van der Waals surface area (Å²) in [7, 11) is 1.91. The minimum atomic E-state index is -0.231. The van der Waals surface area contributed by atoms with Crippen LogP contribution in [-0.2, 0) is 0 Å². The minimum absolute atomic E-state index is 0.0509. The Morgan fingerprint density at radius 3 is 2.43 bits per heavy atom. The molecular formula is C10H16FN3. The van der Waals surface area contributed by atoms with Crippen LogP contribution in [0.5, 0.6) is 0 Å². The zero-order valence-corrected chi connectivity index (χ0v) is 8.28. The molecule has 0 aliphatic heterocycles. The van der Waals surface area contributed by atoms with Gasteiger partial charge in [-0.3, -0.25) is 0 Å². The number of nitrogens with zero attached hydrogens (tertiary/aromatic N) is 1. The van der Waals surface area contributed by atoms with Crippen LogP contribution >= 0.6 is 0 Å². The molecule has 0 saturated heterocycles. The molecule has 0 fully saturated rings. The average molecular weight is 197 g/mol. The van der Waals surface area contributed by atoms with E-state index in [1.165, 1.54) is 12.1 Å². The molecule has 0 amide bonds. The third kappa shape index (κ3) is 2.97. The molecule has 0 aliphatic carbocycles. The first-order chi connectivity index (χ1) is 6.63. The molecule has 0 bridgehead atoms. The van der Waals surface area contributed by atoms with Gasteiger partial charge in [0, 0.05) is 31.9 Å². The molecule has 4 heteroatoms. The number of benzene rings is 1. The van der Waals surface area contributed by atoms with Crippen LogP contribution in [0.1, 0.15) is 0 Å². The average Bonchev–Trinajstić information content (AvgIpc) is 2.18. The standard InChI is InChI=1S/C10H16FN3/c1-14(7-9(13)6-12)10-4-2-8(11)3-5-10/h2-5,9H,6-7,12-13H2,1H3. The van der Waals surface area contributed by atoms with E-state index in [-0.39, 0.29) is 11.9 Å². The number of hydrogen-bond acceptors (Lipinski definition) is 3. The molecule has 0 aliphatic rings. The maximum absolute atomic E-state index is 12.6. The molecule has 14 heavy (non-hydrogen) atoms. The van der Waals surface area contributed by atoms with Gasteiger partial charge in [0.25, 0.3) is 0 Å². The summed E-state index contributed by atoms with van der Waals surface area (Å²) in [5.41, 5.74) is 12.1. The van der Waals surface area contributed by atoms with Crippen molar-refractivity contribution in [2.24, 2.45) is 11.5 Å². The van der Waals surface area contributed by atoms with E-state index in [0.29, 0.717) is 13.1 Å². The first kappa shape index (κ1) is 10.9. The number of hydrogen-bond donors (Lipinski definition) is 2. The zero-order valence-electron chi connectivity index (χ0n) is 8.28. The molecule has 4 N–H and O–H groups in total. The lowest BCUT2D eigenvalue weighted by atomic mass is 10.2. The van der Waals surface area contributed by atoms with E-state index in [2.05, 4.69) is 0 Å². The lowest BCUT2D eigenvalue weighted by molar-refractivity contribution is 0.626. The van der Waals surface area contributed by atoms with Gasteiger partial charge in [-0.1, -0.05) is 0 Å². The molecule has 0 radical (unpaired) electrons. The Morgan fingerprint density at radius 1 is 1.36 bits per heavy atom. The Hall–Kier alpha value is -1.13. The van der Waals surface area contributed by atoms with Crippen molar-refractivity contribution in [1.29, 1.82) is 0 Å². The van der Waals surface area contributed by atoms with Crippen LogP contribution in [0.25, 0.3) is 0 Å². The number of likely N-dealkylation sites (N-methyl/N-ethyl adjacent to an activating group) is 1. The highest BCUT2D eigenvalue weighted by Crippen LogP contribution is 2.12. The highest BCUT2D eigenvalue weighted by atomic mass is 19.1. The van der Waals surface area contributed by atoms with E-state index >= 15 is 0 Å². The number of anilines is 1. The lowest BCUT2D eigenvalue weighted by Gasteiger charge is -2.22. The maximum Gasteiger partial charge on any atom is 0.123 e. The molecule has 0 aromatic heterocycles. The van der Waals surface area contributed by atoms with Crippen molar-refractivity contribution in [3.63, 3.8) is 0 Å². The smallest absolute Gasteiger partial charge is 0.123 e. The van der Waals surface area contributed by atoms with Crippen molar-refractivity contribution in [2.45, 2.75) is 6.04 Å². The van der Waals surface area contributed by atoms with E-state index in [0.717, 1.165) is 5.69 Å². The quantitative estimate of drug-likeness (QED) is 0.741. The van der Waals surface area contributed by atoms with Gasteiger partial charge in [0.15, 0.2) is 0 Å². The highest BCUT2D eigenvalue weighted by Gasteiger charge is 2.05. The molecule has 0 spiro atoms. The van der Waals surface area contributed by atoms with Crippen molar-refractivity contribution in [2.75, 3.05) is 25.0 Å². The van der Waals surface area contributed by atoms with Crippen LogP contribution in [0, 0.1) is 5.82 Å². The van der Waals surface area contributed by atoms with E-state index in [1.54, 1.807) is 12.1 Å². The molecule has 1 aromatic rings. The summed E-state index contributed by atoms with van der Waals surface area (Å²) in [5, 5.41) is 0. The van der Waals surface area contributed by atoms with Crippen molar-refractivity contribution in [3.05, 3.63) is 30.1 Å². The van der Waals surface area contributed by atoms with Crippen LogP contribution in [0.2, 0.25) is 0 Å². The van der Waals surface area contributed by atoms with Gasteiger partial charge < -0.3 is 16.4 Å². The topological polar surface area (TPSA) is 55.3 Å². The van der Waals surface area contributed by atoms with Gasteiger partial charge in [0.2, 0.25) is 0 Å². The van der Waals surface area contributed by atoms with Crippen molar-refractivity contribution >= 4 is 5.69 Å². The molecule has 0 saturated carbocycles. The van der Waals surface area contributed by atoms with Gasteiger partial charge in [0.05, 0.1) is 0 Å². The Morgan fingerprint density at radius 2 is 1.93 bits per heavy atom. The fraction of sp³-hybridized carbons (Fsp3) is 0.400. The predicted octanol–water partition coefficient (Wildman–Crippen LogP) is 0.548. The largest absolute Gasteiger partial charge is 0.373 e. The summed E-state index contributed by atoms with van der Waals surface area (Å²) in [6.07, 6.45) is 0. The Labute approximate surface area is 83.5 Å². The zero-order chi connectivity index (χ0) is 10.6. The molecule has 78 valence electrons. The van der Waals surface area contributed by atoms with Gasteiger partial charge in [-0.25, -0.2) is 4.39 Å². The minimum Gasteiger partial charge on any atom is -0.373 e. The molecule has 3 nitrogen and oxygen atoms in total. The summed E-state index contributed by atoms with van der Waals surface area (Å²) in [6, 6.07) is 6.25. The van der Waals surface area contributed by atoms with E-state index in [4.69, 9.17) is 11.5 Å². The van der Waals surface area contributed by atoms with Gasteiger partial charge in [-0.15, -0.1) is 0 Å². The molecule has 1 aromatic carbocycles. The molecule has 0 heterocycles. The lowest BCUT2D eigenvalue weighted by Crippen LogP contribution is -2.40. The summed E-state index contributed by atoms with van der Waals surface area (Å²) in [6.45, 7) is 1.12. The molecular weight excluding hydrogens is 181 g/mol. The predicted molar refractivity (Wildman–Crippen MR) is 56.7 cm³/mol. The highest BCUT2D eigenvalue weighted by molar-refractivity contribution is 5.45.